The molecule has 2 N–H and O–H groups in total. The van der Waals surface area contributed by atoms with E-state index in [9.17, 15) is 4.79 Å². The van der Waals surface area contributed by atoms with Crippen molar-refractivity contribution in [2.24, 2.45) is 5.92 Å². The lowest BCUT2D eigenvalue weighted by atomic mass is 9.99. The smallest absolute Gasteiger partial charge is 0.224 e. The van der Waals surface area contributed by atoms with Gasteiger partial charge in [-0.2, -0.15) is 0 Å². The van der Waals surface area contributed by atoms with E-state index >= 15 is 0 Å². The Kier molecular flexibility index (Phi) is 4.80. The second-order valence-corrected chi connectivity index (χ2v) is 5.38. The summed E-state index contributed by atoms with van der Waals surface area (Å²) in [7, 11) is 0. The minimum absolute atomic E-state index is 0.189. The van der Waals surface area contributed by atoms with E-state index < -0.39 is 0 Å². The van der Waals surface area contributed by atoms with Crippen LogP contribution >= 0.6 is 0 Å². The molecule has 0 spiro atoms. The van der Waals surface area contributed by atoms with E-state index in [0.717, 1.165) is 32.5 Å². The van der Waals surface area contributed by atoms with Gasteiger partial charge in [0.1, 0.15) is 0 Å². The molecule has 0 bridgehead atoms. The monoisotopic (exact) mass is 239 g/mol. The molecular weight excluding hydrogens is 214 g/mol. The molecule has 2 atom stereocenters. The lowest BCUT2D eigenvalue weighted by Gasteiger charge is -2.26. The van der Waals surface area contributed by atoms with Gasteiger partial charge in [0.2, 0.25) is 5.91 Å². The quantitative estimate of drug-likeness (QED) is 0.754. The molecule has 0 radical (unpaired) electrons. The molecule has 2 heterocycles. The van der Waals surface area contributed by atoms with Crippen molar-refractivity contribution in [2.45, 2.75) is 38.6 Å². The Labute approximate surface area is 104 Å². The maximum absolute atomic E-state index is 11.9. The van der Waals surface area contributed by atoms with Crippen molar-refractivity contribution >= 4 is 5.91 Å². The number of nitrogens with zero attached hydrogens (tertiary/aromatic N) is 1. The third kappa shape index (κ3) is 3.68. The van der Waals surface area contributed by atoms with Crippen LogP contribution in [0.15, 0.2) is 0 Å². The summed E-state index contributed by atoms with van der Waals surface area (Å²) in [4.78, 5) is 14.4. The van der Waals surface area contributed by atoms with Gasteiger partial charge in [0.05, 0.1) is 5.92 Å². The molecule has 0 aromatic rings. The third-order valence-electron chi connectivity index (χ3n) is 4.00. The fraction of sp³-hybridized carbons (Fsp3) is 0.923. The first kappa shape index (κ1) is 12.8. The van der Waals surface area contributed by atoms with Crippen LogP contribution in [0.1, 0.15) is 32.6 Å². The zero-order valence-electron chi connectivity index (χ0n) is 10.9. The molecule has 0 aromatic heterocycles. The summed E-state index contributed by atoms with van der Waals surface area (Å²) in [6.07, 6.45) is 4.78. The van der Waals surface area contributed by atoms with Gasteiger partial charge in [-0.1, -0.05) is 0 Å². The van der Waals surface area contributed by atoms with Crippen molar-refractivity contribution in [3.05, 3.63) is 0 Å². The molecule has 0 saturated carbocycles. The van der Waals surface area contributed by atoms with Crippen molar-refractivity contribution in [1.82, 2.24) is 15.5 Å². The van der Waals surface area contributed by atoms with Crippen molar-refractivity contribution < 1.29 is 4.79 Å². The van der Waals surface area contributed by atoms with Gasteiger partial charge in [-0.3, -0.25) is 9.69 Å². The molecule has 2 aliphatic rings. The summed E-state index contributed by atoms with van der Waals surface area (Å²) < 4.78 is 0. The number of carbonyl (C=O) groups is 1. The Morgan fingerprint density at radius 3 is 2.82 bits per heavy atom. The molecule has 0 aromatic carbocycles. The SMILES string of the molecule is CC(CNC(=O)C1CCCNC1)N1CCCC1. The molecule has 17 heavy (non-hydrogen) atoms. The molecule has 2 saturated heterocycles. The van der Waals surface area contributed by atoms with Crippen molar-refractivity contribution in [2.75, 3.05) is 32.7 Å². The fourth-order valence-electron chi connectivity index (χ4n) is 2.78. The minimum atomic E-state index is 0.189. The second-order valence-electron chi connectivity index (χ2n) is 5.38. The van der Waals surface area contributed by atoms with Crippen LogP contribution in [-0.2, 0) is 4.79 Å². The molecule has 2 unspecified atom stereocenters. The normalized spacial score (nSPS) is 27.9. The molecular formula is C13H25N3O. The number of piperidine rings is 1. The average molecular weight is 239 g/mol. The number of rotatable bonds is 4. The van der Waals surface area contributed by atoms with E-state index in [1.54, 1.807) is 0 Å². The summed E-state index contributed by atoms with van der Waals surface area (Å²) in [5.74, 6) is 0.428. The lowest BCUT2D eigenvalue weighted by Crippen LogP contribution is -2.45. The van der Waals surface area contributed by atoms with Crippen LogP contribution in [0, 0.1) is 5.92 Å². The molecule has 2 fully saturated rings. The van der Waals surface area contributed by atoms with Gasteiger partial charge in [0.15, 0.2) is 0 Å². The van der Waals surface area contributed by atoms with Crippen LogP contribution < -0.4 is 10.6 Å². The Balaban J connectivity index is 1.67. The van der Waals surface area contributed by atoms with E-state index in [0.29, 0.717) is 6.04 Å². The number of carbonyl (C=O) groups excluding carboxylic acids is 1. The number of nitrogens with one attached hydrogen (secondary N) is 2. The minimum Gasteiger partial charge on any atom is -0.354 e. The van der Waals surface area contributed by atoms with Gasteiger partial charge in [-0.15, -0.1) is 0 Å². The Morgan fingerprint density at radius 1 is 1.41 bits per heavy atom. The molecule has 2 aliphatic heterocycles. The maximum atomic E-state index is 11.9. The molecule has 98 valence electrons. The summed E-state index contributed by atoms with van der Waals surface area (Å²) in [6.45, 7) is 7.32. The molecule has 0 aliphatic carbocycles. The predicted molar refractivity (Wildman–Crippen MR) is 68.9 cm³/mol. The van der Waals surface area contributed by atoms with E-state index in [-0.39, 0.29) is 11.8 Å². The number of amides is 1. The van der Waals surface area contributed by atoms with Gasteiger partial charge in [-0.05, 0) is 52.2 Å². The van der Waals surface area contributed by atoms with Crippen LogP contribution in [0.4, 0.5) is 0 Å². The molecule has 4 nitrogen and oxygen atoms in total. The van der Waals surface area contributed by atoms with Gasteiger partial charge in [0.25, 0.3) is 0 Å². The molecule has 2 rings (SSSR count). The summed E-state index contributed by atoms with van der Waals surface area (Å²) in [5.41, 5.74) is 0. The maximum Gasteiger partial charge on any atom is 0.224 e. The van der Waals surface area contributed by atoms with E-state index in [1.165, 1.54) is 25.9 Å². The summed E-state index contributed by atoms with van der Waals surface area (Å²) in [6, 6.07) is 0.484. The fourth-order valence-corrected chi connectivity index (χ4v) is 2.78. The average Bonchev–Trinajstić information content (AvgIpc) is 2.90. The zero-order chi connectivity index (χ0) is 12.1. The summed E-state index contributed by atoms with van der Waals surface area (Å²) in [5, 5.41) is 6.40. The Hall–Kier alpha value is -0.610. The summed E-state index contributed by atoms with van der Waals surface area (Å²) >= 11 is 0. The first-order valence-electron chi connectivity index (χ1n) is 7.00. The number of hydrogen-bond donors (Lipinski definition) is 2. The number of hydrogen-bond acceptors (Lipinski definition) is 3. The van der Waals surface area contributed by atoms with Crippen LogP contribution in [-0.4, -0.2) is 49.6 Å². The highest BCUT2D eigenvalue weighted by molar-refractivity contribution is 5.79. The second kappa shape index (κ2) is 6.36. The zero-order valence-corrected chi connectivity index (χ0v) is 10.9. The first-order chi connectivity index (χ1) is 8.27. The van der Waals surface area contributed by atoms with Gasteiger partial charge in [0, 0.05) is 19.1 Å². The molecule has 1 amide bonds. The highest BCUT2D eigenvalue weighted by atomic mass is 16.1. The highest BCUT2D eigenvalue weighted by Crippen LogP contribution is 2.12. The van der Waals surface area contributed by atoms with Gasteiger partial charge < -0.3 is 10.6 Å². The first-order valence-corrected chi connectivity index (χ1v) is 7.00. The van der Waals surface area contributed by atoms with E-state index in [1.807, 2.05) is 0 Å². The van der Waals surface area contributed by atoms with E-state index in [2.05, 4.69) is 22.5 Å². The van der Waals surface area contributed by atoms with Crippen molar-refractivity contribution in [3.8, 4) is 0 Å². The van der Waals surface area contributed by atoms with Crippen LogP contribution in [0.3, 0.4) is 0 Å². The highest BCUT2D eigenvalue weighted by Gasteiger charge is 2.22. The van der Waals surface area contributed by atoms with Crippen molar-refractivity contribution in [3.63, 3.8) is 0 Å². The van der Waals surface area contributed by atoms with Gasteiger partial charge >= 0.3 is 0 Å². The third-order valence-corrected chi connectivity index (χ3v) is 4.00. The van der Waals surface area contributed by atoms with E-state index in [4.69, 9.17) is 0 Å². The van der Waals surface area contributed by atoms with Gasteiger partial charge in [-0.25, -0.2) is 0 Å². The number of likely N-dealkylation sites (tertiary alicyclic amines) is 1. The Bertz CT molecular complexity index is 245. The Morgan fingerprint density at radius 2 is 2.18 bits per heavy atom. The van der Waals surface area contributed by atoms with Crippen LogP contribution in [0.25, 0.3) is 0 Å². The predicted octanol–water partition coefficient (Wildman–Crippen LogP) is 0.587. The standard InChI is InChI=1S/C13H25N3O/c1-11(16-7-2-3-8-16)9-15-13(17)12-5-4-6-14-10-12/h11-12,14H,2-10H2,1H3,(H,15,17). The lowest BCUT2D eigenvalue weighted by molar-refractivity contribution is -0.125. The molecule has 4 heteroatoms. The van der Waals surface area contributed by atoms with Crippen molar-refractivity contribution in [1.29, 1.82) is 0 Å². The van der Waals surface area contributed by atoms with Crippen LogP contribution in [0.5, 0.6) is 0 Å². The topological polar surface area (TPSA) is 44.4 Å². The van der Waals surface area contributed by atoms with Crippen LogP contribution in [0.2, 0.25) is 0 Å². The largest absolute Gasteiger partial charge is 0.354 e.